The monoisotopic (exact) mass is 369 g/mol. The maximum absolute atomic E-state index is 12.0. The lowest BCUT2D eigenvalue weighted by Crippen LogP contribution is -2.31. The quantitative estimate of drug-likeness (QED) is 0.239. The minimum absolute atomic E-state index is 0.0299. The van der Waals surface area contributed by atoms with Crippen LogP contribution in [0.25, 0.3) is 0 Å². The molecule has 0 bridgehead atoms. The molecule has 1 heterocycles. The molecule has 2 rings (SSSR count). The van der Waals surface area contributed by atoms with Gasteiger partial charge < -0.3 is 15.5 Å². The summed E-state index contributed by atoms with van der Waals surface area (Å²) in [5.74, 6) is -0.290. The van der Waals surface area contributed by atoms with Crippen LogP contribution < -0.4 is 10.6 Å². The van der Waals surface area contributed by atoms with Gasteiger partial charge in [-0.05, 0) is 48.9 Å². The number of nitrogens with zero attached hydrogens (tertiary/aromatic N) is 3. The van der Waals surface area contributed by atoms with Gasteiger partial charge in [0.05, 0.1) is 0 Å². The zero-order valence-electron chi connectivity index (χ0n) is 14.2. The van der Waals surface area contributed by atoms with Crippen LogP contribution in [-0.2, 0) is 9.59 Å². The Morgan fingerprint density at radius 1 is 1.31 bits per heavy atom. The number of nitrogens with one attached hydrogen (secondary N) is 2. The first-order valence-electron chi connectivity index (χ1n) is 8.23. The van der Waals surface area contributed by atoms with Crippen molar-refractivity contribution in [1.82, 2.24) is 10.2 Å². The Labute approximate surface area is 156 Å². The Kier molecular flexibility index (Phi) is 7.53. The van der Waals surface area contributed by atoms with E-state index in [1.54, 1.807) is 29.2 Å². The fourth-order valence-corrected chi connectivity index (χ4v) is 2.86. The predicted octanol–water partition coefficient (Wildman–Crippen LogP) is 2.21. The summed E-state index contributed by atoms with van der Waals surface area (Å²) in [6.07, 6.45) is 3.51. The minimum Gasteiger partial charge on any atom is -0.360 e. The van der Waals surface area contributed by atoms with Gasteiger partial charge in [0.2, 0.25) is 5.91 Å². The van der Waals surface area contributed by atoms with Crippen molar-refractivity contribution in [3.05, 3.63) is 36.0 Å². The largest absolute Gasteiger partial charge is 0.360 e. The lowest BCUT2D eigenvalue weighted by Gasteiger charge is -2.15. The number of carbonyl (C=O) groups is 2. The zero-order chi connectivity index (χ0) is 18.8. The second-order valence-electron chi connectivity index (χ2n) is 5.63. The summed E-state index contributed by atoms with van der Waals surface area (Å²) in [7, 11) is 0. The molecule has 0 saturated carbocycles. The number of carbonyl (C=O) groups excluding carboxylic acids is 2. The lowest BCUT2D eigenvalue weighted by atomic mass is 10.2. The first-order valence-corrected chi connectivity index (χ1v) is 9.04. The maximum atomic E-state index is 12.0. The first-order chi connectivity index (χ1) is 12.6. The Balaban J connectivity index is 1.78. The molecular formula is C18H19N5O2S. The number of hydrogen-bond donors (Lipinski definition) is 2. The van der Waals surface area contributed by atoms with E-state index in [0.29, 0.717) is 31.6 Å². The summed E-state index contributed by atoms with van der Waals surface area (Å²) in [6, 6.07) is 8.94. The number of hydrogen-bond acceptors (Lipinski definition) is 6. The highest BCUT2D eigenvalue weighted by Crippen LogP contribution is 2.19. The van der Waals surface area contributed by atoms with Crippen LogP contribution >= 0.6 is 11.8 Å². The fourth-order valence-electron chi connectivity index (χ4n) is 2.48. The molecule has 0 atom stereocenters. The van der Waals surface area contributed by atoms with Crippen LogP contribution in [0.15, 0.2) is 40.9 Å². The highest BCUT2D eigenvalue weighted by molar-refractivity contribution is 8.03. The van der Waals surface area contributed by atoms with Crippen LogP contribution in [0.4, 0.5) is 5.69 Å². The molecular weight excluding hydrogens is 350 g/mol. The van der Waals surface area contributed by atoms with Crippen molar-refractivity contribution < 1.29 is 9.59 Å². The van der Waals surface area contributed by atoms with Crippen molar-refractivity contribution in [3.8, 4) is 11.5 Å². The number of amides is 2. The van der Waals surface area contributed by atoms with Crippen molar-refractivity contribution in [3.63, 3.8) is 0 Å². The molecule has 1 aliphatic heterocycles. The Morgan fingerprint density at radius 2 is 2.08 bits per heavy atom. The van der Waals surface area contributed by atoms with Gasteiger partial charge in [-0.15, -0.1) is 0 Å². The second kappa shape index (κ2) is 10.1. The molecule has 1 aliphatic rings. The van der Waals surface area contributed by atoms with E-state index in [2.05, 4.69) is 10.6 Å². The third-order valence-corrected chi connectivity index (χ3v) is 4.43. The van der Waals surface area contributed by atoms with Crippen LogP contribution in [0, 0.1) is 22.0 Å². The number of anilines is 1. The van der Waals surface area contributed by atoms with E-state index in [9.17, 15) is 9.59 Å². The fraction of sp³-hybridized carbons (Fsp3) is 0.333. The van der Waals surface area contributed by atoms with Crippen LogP contribution in [0.3, 0.4) is 0 Å². The van der Waals surface area contributed by atoms with Crippen molar-refractivity contribution in [2.24, 2.45) is 0 Å². The van der Waals surface area contributed by atoms with Gasteiger partial charge in [0.25, 0.3) is 5.91 Å². The predicted molar refractivity (Wildman–Crippen MR) is 98.7 cm³/mol. The van der Waals surface area contributed by atoms with E-state index < -0.39 is 5.91 Å². The molecule has 7 nitrogen and oxygen atoms in total. The molecule has 1 saturated heterocycles. The zero-order valence-corrected chi connectivity index (χ0v) is 15.0. The van der Waals surface area contributed by atoms with Gasteiger partial charge in [-0.2, -0.15) is 10.5 Å². The van der Waals surface area contributed by atoms with Gasteiger partial charge in [0.15, 0.2) is 0 Å². The number of thioether (sulfide) groups is 1. The first kappa shape index (κ1) is 19.4. The molecule has 0 spiro atoms. The van der Waals surface area contributed by atoms with Gasteiger partial charge in [-0.25, -0.2) is 0 Å². The molecule has 1 fully saturated rings. The number of likely N-dealkylation sites (tertiary alicyclic amines) is 1. The lowest BCUT2D eigenvalue weighted by molar-refractivity contribution is -0.127. The molecule has 26 heavy (non-hydrogen) atoms. The van der Waals surface area contributed by atoms with Crippen molar-refractivity contribution in [1.29, 1.82) is 10.5 Å². The van der Waals surface area contributed by atoms with Gasteiger partial charge in [-0.3, -0.25) is 9.59 Å². The Bertz CT molecular complexity index is 761. The Hall–Kier alpha value is -2.97. The summed E-state index contributed by atoms with van der Waals surface area (Å²) in [5.41, 5.74) is 0.679. The number of thiocyanates is 1. The molecule has 0 unspecified atom stereocenters. The standard InChI is InChI=1S/C18H19N5O2S/c19-11-14(12-22-15-4-6-16(7-5-15)26-13-20)18(25)21-8-2-10-23-9-1-3-17(23)24/h4-7,12,22H,1-3,8-10H2,(H,21,25)/b14-12-. The average molecular weight is 369 g/mol. The van der Waals surface area contributed by atoms with Crippen LogP contribution in [0.2, 0.25) is 0 Å². The highest BCUT2D eigenvalue weighted by Gasteiger charge is 2.19. The van der Waals surface area contributed by atoms with E-state index in [-0.39, 0.29) is 11.5 Å². The topological polar surface area (TPSA) is 109 Å². The number of rotatable bonds is 8. The number of nitriles is 2. The molecule has 0 aromatic heterocycles. The summed E-state index contributed by atoms with van der Waals surface area (Å²) in [6.45, 7) is 1.81. The van der Waals surface area contributed by atoms with E-state index in [4.69, 9.17) is 10.5 Å². The molecule has 0 aliphatic carbocycles. The number of benzene rings is 1. The van der Waals surface area contributed by atoms with Gasteiger partial charge >= 0.3 is 0 Å². The minimum atomic E-state index is -0.454. The molecule has 1 aromatic carbocycles. The Morgan fingerprint density at radius 3 is 2.69 bits per heavy atom. The summed E-state index contributed by atoms with van der Waals surface area (Å²) in [4.78, 5) is 26.1. The third kappa shape index (κ3) is 5.83. The third-order valence-electron chi connectivity index (χ3n) is 3.83. The molecule has 134 valence electrons. The van der Waals surface area contributed by atoms with E-state index in [1.807, 2.05) is 11.5 Å². The second-order valence-corrected chi connectivity index (χ2v) is 6.48. The summed E-state index contributed by atoms with van der Waals surface area (Å²) < 4.78 is 0. The van der Waals surface area contributed by atoms with Gasteiger partial charge in [0, 0.05) is 42.8 Å². The van der Waals surface area contributed by atoms with E-state index in [0.717, 1.165) is 29.6 Å². The molecule has 2 N–H and O–H groups in total. The SMILES string of the molecule is N#CSc1ccc(N/C=C(/C#N)C(=O)NCCCN2CCCC2=O)cc1. The highest BCUT2D eigenvalue weighted by atomic mass is 32.2. The molecule has 8 heteroatoms. The smallest absolute Gasteiger partial charge is 0.263 e. The maximum Gasteiger partial charge on any atom is 0.263 e. The van der Waals surface area contributed by atoms with E-state index >= 15 is 0 Å². The molecule has 2 amide bonds. The molecule has 1 aromatic rings. The molecule has 0 radical (unpaired) electrons. The summed E-state index contributed by atoms with van der Waals surface area (Å²) in [5, 5.41) is 25.3. The van der Waals surface area contributed by atoms with E-state index in [1.165, 1.54) is 6.20 Å². The van der Waals surface area contributed by atoms with Crippen molar-refractivity contribution in [2.45, 2.75) is 24.2 Å². The van der Waals surface area contributed by atoms with Crippen LogP contribution in [0.5, 0.6) is 0 Å². The average Bonchev–Trinajstić information content (AvgIpc) is 3.06. The normalized spacial score (nSPS) is 13.8. The summed E-state index contributed by atoms with van der Waals surface area (Å²) >= 11 is 1.06. The van der Waals surface area contributed by atoms with Crippen molar-refractivity contribution >= 4 is 29.3 Å². The van der Waals surface area contributed by atoms with Crippen molar-refractivity contribution in [2.75, 3.05) is 25.0 Å². The van der Waals surface area contributed by atoms with Gasteiger partial charge in [0.1, 0.15) is 17.0 Å². The van der Waals surface area contributed by atoms with Gasteiger partial charge in [-0.1, -0.05) is 0 Å². The van der Waals surface area contributed by atoms with Crippen LogP contribution in [0.1, 0.15) is 19.3 Å². The van der Waals surface area contributed by atoms with Crippen LogP contribution in [-0.4, -0.2) is 36.3 Å².